The zero-order valence-corrected chi connectivity index (χ0v) is 10.1. The third kappa shape index (κ3) is 4.86. The van der Waals surface area contributed by atoms with Gasteiger partial charge in [-0.25, -0.2) is 0 Å². The van der Waals surface area contributed by atoms with Crippen molar-refractivity contribution in [1.82, 2.24) is 5.32 Å². The minimum atomic E-state index is 0. The summed E-state index contributed by atoms with van der Waals surface area (Å²) in [4.78, 5) is 0. The van der Waals surface area contributed by atoms with Crippen molar-refractivity contribution in [1.29, 1.82) is 5.26 Å². The van der Waals surface area contributed by atoms with E-state index in [1.807, 2.05) is 30.3 Å². The maximum absolute atomic E-state index is 8.23. The van der Waals surface area contributed by atoms with Gasteiger partial charge in [-0.1, -0.05) is 18.2 Å². The van der Waals surface area contributed by atoms with Crippen molar-refractivity contribution in [2.45, 2.75) is 0 Å². The zero-order chi connectivity index (χ0) is 8.81. The summed E-state index contributed by atoms with van der Waals surface area (Å²) in [6, 6.07) is 9.41. The van der Waals surface area contributed by atoms with Crippen molar-refractivity contribution >= 4 is 23.0 Å². The number of hydrogen-bond donors (Lipinski definition) is 2. The maximum Gasteiger partial charge on any atom is 1.00 e. The van der Waals surface area contributed by atoms with Crippen LogP contribution in [-0.4, -0.2) is 5.11 Å². The fourth-order valence-corrected chi connectivity index (χ4v) is 0.898. The normalized spacial score (nSPS) is 7.62. The summed E-state index contributed by atoms with van der Waals surface area (Å²) in [5, 5.41) is 13.7. The second-order valence-corrected chi connectivity index (χ2v) is 2.47. The largest absolute Gasteiger partial charge is 1.00 e. The van der Waals surface area contributed by atoms with Gasteiger partial charge in [0.15, 0.2) is 11.3 Å². The molecule has 0 radical (unpaired) electrons. The molecule has 2 N–H and O–H groups in total. The van der Waals surface area contributed by atoms with Gasteiger partial charge in [0.2, 0.25) is 0 Å². The Bertz CT molecular complexity index is 312. The van der Waals surface area contributed by atoms with Gasteiger partial charge in [-0.2, -0.15) is 5.26 Å². The summed E-state index contributed by atoms with van der Waals surface area (Å²) in [7, 11) is 0. The summed E-state index contributed by atoms with van der Waals surface area (Å²) in [5.74, 6) is 0. The van der Waals surface area contributed by atoms with Crippen molar-refractivity contribution in [2.24, 2.45) is 0 Å². The summed E-state index contributed by atoms with van der Waals surface area (Å²) in [6.45, 7) is 0. The van der Waals surface area contributed by atoms with Gasteiger partial charge in [0.05, 0.1) is 0 Å². The first-order chi connectivity index (χ1) is 5.83. The fourth-order valence-electron chi connectivity index (χ4n) is 0.735. The Morgan fingerprint density at radius 2 is 2.00 bits per heavy atom. The first-order valence-electron chi connectivity index (χ1n) is 3.34. The Kier molecular flexibility index (Phi) is 6.55. The molecule has 13 heavy (non-hydrogen) atoms. The predicted octanol–water partition coefficient (Wildman–Crippen LogP) is -1.43. The topological polar surface area (TPSA) is 47.9 Å². The first kappa shape index (κ1) is 12.4. The van der Waals surface area contributed by atoms with Crippen LogP contribution in [0.4, 0.5) is 5.69 Å². The SMILES string of the molecule is N#CNC(=S)Nc1ccccc1.[H-].[Na+]. The second kappa shape index (κ2) is 6.87. The number of thiocarbonyl (C=S) groups is 1. The minimum Gasteiger partial charge on any atom is -1.00 e. The molecule has 0 unspecified atom stereocenters. The Balaban J connectivity index is 0. The van der Waals surface area contributed by atoms with Crippen LogP contribution in [0.2, 0.25) is 0 Å². The van der Waals surface area contributed by atoms with Gasteiger partial charge in [0, 0.05) is 5.69 Å². The Morgan fingerprint density at radius 3 is 2.54 bits per heavy atom. The molecule has 0 saturated carbocycles. The molecule has 0 amide bonds. The predicted molar refractivity (Wildman–Crippen MR) is 52.5 cm³/mol. The fraction of sp³-hybridized carbons (Fsp3) is 0. The molecule has 1 aromatic rings. The molecule has 0 aliphatic carbocycles. The molecule has 0 aliphatic rings. The van der Waals surface area contributed by atoms with Crippen LogP contribution < -0.4 is 40.2 Å². The van der Waals surface area contributed by atoms with E-state index in [-0.39, 0.29) is 31.0 Å². The molecule has 3 nitrogen and oxygen atoms in total. The molecule has 0 bridgehead atoms. The van der Waals surface area contributed by atoms with Crippen molar-refractivity contribution in [3.05, 3.63) is 30.3 Å². The molecule has 1 aromatic carbocycles. The average Bonchev–Trinajstić information content (AvgIpc) is 2.06. The van der Waals surface area contributed by atoms with E-state index in [1.54, 1.807) is 6.19 Å². The van der Waals surface area contributed by atoms with Crippen LogP contribution in [0.1, 0.15) is 1.43 Å². The molecule has 0 atom stereocenters. The van der Waals surface area contributed by atoms with Gasteiger partial charge in [-0.3, -0.25) is 5.32 Å². The van der Waals surface area contributed by atoms with Crippen LogP contribution >= 0.6 is 12.2 Å². The van der Waals surface area contributed by atoms with E-state index in [4.69, 9.17) is 17.5 Å². The van der Waals surface area contributed by atoms with Crippen molar-refractivity contribution in [3.63, 3.8) is 0 Å². The quantitative estimate of drug-likeness (QED) is 0.253. The number of nitrogens with one attached hydrogen (secondary N) is 2. The van der Waals surface area contributed by atoms with Crippen molar-refractivity contribution < 1.29 is 31.0 Å². The van der Waals surface area contributed by atoms with Crippen LogP contribution in [-0.2, 0) is 0 Å². The van der Waals surface area contributed by atoms with Gasteiger partial charge >= 0.3 is 29.6 Å². The monoisotopic (exact) mass is 201 g/mol. The van der Waals surface area contributed by atoms with E-state index < -0.39 is 0 Å². The maximum atomic E-state index is 8.23. The standard InChI is InChI=1S/C8H7N3S.Na.H/c9-6-10-8(12)11-7-4-2-1-3-5-7;;/h1-5H,(H2,10,11,12);;/q;+1;-1. The molecule has 5 heteroatoms. The molecular weight excluding hydrogens is 193 g/mol. The van der Waals surface area contributed by atoms with E-state index >= 15 is 0 Å². The first-order valence-corrected chi connectivity index (χ1v) is 3.75. The Labute approximate surface area is 106 Å². The molecule has 0 aliphatic heterocycles. The van der Waals surface area contributed by atoms with Gasteiger partial charge in [0.1, 0.15) is 0 Å². The summed E-state index contributed by atoms with van der Waals surface area (Å²) < 4.78 is 0. The van der Waals surface area contributed by atoms with Crippen molar-refractivity contribution in [2.75, 3.05) is 5.32 Å². The zero-order valence-electron chi connectivity index (χ0n) is 8.24. The van der Waals surface area contributed by atoms with Crippen LogP contribution in [0.5, 0.6) is 0 Å². The van der Waals surface area contributed by atoms with Gasteiger partial charge in [0.25, 0.3) is 0 Å². The summed E-state index contributed by atoms with van der Waals surface area (Å²) >= 11 is 4.79. The summed E-state index contributed by atoms with van der Waals surface area (Å²) in [6.07, 6.45) is 1.73. The molecule has 1 rings (SSSR count). The van der Waals surface area contributed by atoms with Gasteiger partial charge < -0.3 is 6.74 Å². The number of nitrogens with zero attached hydrogens (tertiary/aromatic N) is 1. The number of para-hydroxylation sites is 1. The van der Waals surface area contributed by atoms with Crippen LogP contribution in [0.3, 0.4) is 0 Å². The van der Waals surface area contributed by atoms with E-state index in [2.05, 4.69) is 10.6 Å². The Hall–Kier alpha value is -0.600. The van der Waals surface area contributed by atoms with Gasteiger partial charge in [-0.05, 0) is 24.4 Å². The third-order valence-corrected chi connectivity index (χ3v) is 1.41. The average molecular weight is 201 g/mol. The molecule has 0 heterocycles. The van der Waals surface area contributed by atoms with E-state index in [9.17, 15) is 0 Å². The molecule has 0 spiro atoms. The number of nitriles is 1. The smallest absolute Gasteiger partial charge is 1.00 e. The Morgan fingerprint density at radius 1 is 1.38 bits per heavy atom. The van der Waals surface area contributed by atoms with E-state index in [1.165, 1.54) is 0 Å². The molecule has 0 fully saturated rings. The number of benzene rings is 1. The van der Waals surface area contributed by atoms with Crippen molar-refractivity contribution in [3.8, 4) is 6.19 Å². The van der Waals surface area contributed by atoms with E-state index in [0.29, 0.717) is 5.11 Å². The number of hydrogen-bond acceptors (Lipinski definition) is 2. The third-order valence-electron chi connectivity index (χ3n) is 1.20. The number of rotatable bonds is 1. The minimum absolute atomic E-state index is 0. The van der Waals surface area contributed by atoms with Gasteiger partial charge in [-0.15, -0.1) is 0 Å². The second-order valence-electron chi connectivity index (χ2n) is 2.06. The van der Waals surface area contributed by atoms with Crippen LogP contribution in [0.15, 0.2) is 30.3 Å². The molecule has 0 saturated heterocycles. The van der Waals surface area contributed by atoms with E-state index in [0.717, 1.165) is 5.69 Å². The molecule has 62 valence electrons. The number of anilines is 1. The van der Waals surface area contributed by atoms with Crippen LogP contribution in [0, 0.1) is 11.5 Å². The molecular formula is C8H8N3NaS. The van der Waals surface area contributed by atoms with Crippen LogP contribution in [0.25, 0.3) is 0 Å². The summed E-state index contributed by atoms with van der Waals surface area (Å²) in [5.41, 5.74) is 0.866. The molecule has 0 aromatic heterocycles.